The zero-order valence-corrected chi connectivity index (χ0v) is 34.0. The minimum atomic E-state index is -0.929. The first kappa shape index (κ1) is 46.5. The third kappa shape index (κ3) is 14.9. The van der Waals surface area contributed by atoms with Gasteiger partial charge in [0.25, 0.3) is 0 Å². The molecule has 2 rings (SSSR count). The summed E-state index contributed by atoms with van der Waals surface area (Å²) >= 11 is 0. The minimum Gasteiger partial charge on any atom is -0.493 e. The van der Waals surface area contributed by atoms with Gasteiger partial charge in [-0.1, -0.05) is 33.8 Å². The SMILES string of the molecule is CCOCO[C@@H](C)C(=O)OCOC(=O)N1CO[C@@H](C[C@H](C(=O)NCC(C)(C)C(N)=O)C(C)C)[C@@H]1C[C@H](Cc1ccc(OC)c(OCCCOC)c1)C(C)C. The molecule has 0 spiro atoms. The van der Waals surface area contributed by atoms with E-state index in [1.807, 2.05) is 32.0 Å². The smallest absolute Gasteiger partial charge is 0.414 e. The first-order chi connectivity index (χ1) is 25.6. The minimum absolute atomic E-state index is 0.0631. The maximum absolute atomic E-state index is 13.6. The van der Waals surface area contributed by atoms with E-state index in [-0.39, 0.29) is 43.7 Å². The molecule has 0 aliphatic carbocycles. The molecule has 5 atom stereocenters. The first-order valence-corrected chi connectivity index (χ1v) is 18.8. The number of benzene rings is 1. The van der Waals surface area contributed by atoms with Crippen molar-refractivity contribution in [3.05, 3.63) is 23.8 Å². The fraction of sp³-hybridized carbons (Fsp3) is 0.744. The molecule has 1 aliphatic rings. The van der Waals surface area contributed by atoms with Gasteiger partial charge in [-0.3, -0.25) is 14.5 Å². The summed E-state index contributed by atoms with van der Waals surface area (Å²) in [7, 11) is 3.25. The highest BCUT2D eigenvalue weighted by Crippen LogP contribution is 2.36. The number of rotatable bonds is 25. The Balaban J connectivity index is 2.32. The van der Waals surface area contributed by atoms with Gasteiger partial charge < -0.3 is 48.9 Å². The fourth-order valence-corrected chi connectivity index (χ4v) is 5.92. The molecule has 0 unspecified atom stereocenters. The topological polar surface area (TPSA) is 183 Å². The number of carbonyl (C=O) groups excluding carboxylic acids is 4. The second-order valence-corrected chi connectivity index (χ2v) is 15.0. The van der Waals surface area contributed by atoms with Crippen molar-refractivity contribution >= 4 is 23.9 Å². The van der Waals surface area contributed by atoms with Crippen molar-refractivity contribution in [2.45, 2.75) is 99.3 Å². The number of methoxy groups -OCH3 is 2. The van der Waals surface area contributed by atoms with Crippen LogP contribution in [0.15, 0.2) is 18.2 Å². The Hall–Kier alpha value is -3.66. The molecule has 15 heteroatoms. The van der Waals surface area contributed by atoms with E-state index in [2.05, 4.69) is 19.2 Å². The monoisotopic (exact) mass is 767 g/mol. The van der Waals surface area contributed by atoms with E-state index in [1.165, 1.54) is 11.8 Å². The molecule has 1 fully saturated rings. The molecule has 54 heavy (non-hydrogen) atoms. The Morgan fingerprint density at radius 1 is 0.981 bits per heavy atom. The molecule has 0 saturated carbocycles. The number of carbonyl (C=O) groups is 4. The van der Waals surface area contributed by atoms with Gasteiger partial charge in [-0.05, 0) is 82.4 Å². The number of hydrogen-bond acceptors (Lipinski definition) is 12. The number of esters is 1. The zero-order chi connectivity index (χ0) is 40.4. The van der Waals surface area contributed by atoms with E-state index in [4.69, 9.17) is 43.6 Å². The molecule has 1 aliphatic heterocycles. The molecule has 1 aromatic carbocycles. The Bertz CT molecular complexity index is 1320. The number of ether oxygens (including phenoxy) is 8. The van der Waals surface area contributed by atoms with E-state index >= 15 is 0 Å². The summed E-state index contributed by atoms with van der Waals surface area (Å²) in [5, 5.41) is 2.90. The number of primary amides is 1. The van der Waals surface area contributed by atoms with Gasteiger partial charge in [-0.2, -0.15) is 0 Å². The largest absolute Gasteiger partial charge is 0.493 e. The summed E-state index contributed by atoms with van der Waals surface area (Å²) in [6.45, 7) is 15.6. The van der Waals surface area contributed by atoms with Crippen molar-refractivity contribution in [2.24, 2.45) is 34.8 Å². The maximum atomic E-state index is 13.6. The van der Waals surface area contributed by atoms with Crippen LogP contribution in [0.5, 0.6) is 11.5 Å². The van der Waals surface area contributed by atoms with Crippen LogP contribution >= 0.6 is 0 Å². The molecule has 15 nitrogen and oxygen atoms in total. The third-order valence-corrected chi connectivity index (χ3v) is 9.78. The molecule has 3 N–H and O–H groups in total. The van der Waals surface area contributed by atoms with Crippen LogP contribution in [0.25, 0.3) is 0 Å². The van der Waals surface area contributed by atoms with Crippen LogP contribution < -0.4 is 20.5 Å². The van der Waals surface area contributed by atoms with Crippen molar-refractivity contribution < 1.29 is 57.1 Å². The molecule has 308 valence electrons. The van der Waals surface area contributed by atoms with Crippen LogP contribution in [0.3, 0.4) is 0 Å². The summed E-state index contributed by atoms with van der Waals surface area (Å²) in [6.07, 6.45) is 0.0666. The lowest BCUT2D eigenvalue weighted by molar-refractivity contribution is -0.173. The number of nitrogens with one attached hydrogen (secondary N) is 1. The van der Waals surface area contributed by atoms with E-state index in [9.17, 15) is 19.2 Å². The van der Waals surface area contributed by atoms with Gasteiger partial charge in [0.1, 0.15) is 13.5 Å². The van der Waals surface area contributed by atoms with Gasteiger partial charge in [-0.25, -0.2) is 9.59 Å². The predicted molar refractivity (Wildman–Crippen MR) is 200 cm³/mol. The normalized spacial score (nSPS) is 17.6. The highest BCUT2D eigenvalue weighted by atomic mass is 16.7. The summed E-state index contributed by atoms with van der Waals surface area (Å²) in [5.41, 5.74) is 5.64. The molecule has 0 aromatic heterocycles. The third-order valence-electron chi connectivity index (χ3n) is 9.78. The molecule has 1 saturated heterocycles. The van der Waals surface area contributed by atoms with Crippen LogP contribution in [-0.4, -0.2) is 108 Å². The molecule has 1 aromatic rings. The molecule has 0 radical (unpaired) electrons. The van der Waals surface area contributed by atoms with E-state index < -0.39 is 54.3 Å². The Labute approximate surface area is 321 Å². The predicted octanol–water partition coefficient (Wildman–Crippen LogP) is 4.67. The van der Waals surface area contributed by atoms with E-state index in [1.54, 1.807) is 35.0 Å². The summed E-state index contributed by atoms with van der Waals surface area (Å²) in [4.78, 5) is 52.9. The molecule has 1 heterocycles. The number of amides is 3. The quantitative estimate of drug-likeness (QED) is 0.0798. The van der Waals surface area contributed by atoms with Crippen molar-refractivity contribution in [3.63, 3.8) is 0 Å². The standard InChI is InChI=1S/C39H65N3O12/c1-11-49-23-52-27(6)36(44)53-24-54-38(46)42-22-51-33(20-30(26(4)5)35(43)41-21-39(7,8)37(40)45)31(42)19-29(25(2)3)17-28-13-14-32(48-10)34(18-28)50-16-12-15-47-9/h13-14,18,25-27,29-31,33H,11-12,15-17,19-24H2,1-10H3,(H2,40,45)(H,41,43)/t27-,29-,30-,31-,33-/m0/s1. The first-order valence-electron chi connectivity index (χ1n) is 18.8. The average Bonchev–Trinajstić information content (AvgIpc) is 3.52. The van der Waals surface area contributed by atoms with E-state index in [0.717, 1.165) is 12.0 Å². The highest BCUT2D eigenvalue weighted by Gasteiger charge is 2.43. The zero-order valence-electron chi connectivity index (χ0n) is 34.0. The van der Waals surface area contributed by atoms with E-state index in [0.29, 0.717) is 50.6 Å². The van der Waals surface area contributed by atoms with Gasteiger partial charge in [-0.15, -0.1) is 0 Å². The molecule has 0 bridgehead atoms. The van der Waals surface area contributed by atoms with Crippen molar-refractivity contribution in [1.82, 2.24) is 10.2 Å². The maximum Gasteiger partial charge on any atom is 0.414 e. The molecular formula is C39H65N3O12. The van der Waals surface area contributed by atoms with Gasteiger partial charge >= 0.3 is 12.1 Å². The van der Waals surface area contributed by atoms with Crippen molar-refractivity contribution in [1.29, 1.82) is 0 Å². The Kier molecular flexibility index (Phi) is 20.1. The van der Waals surface area contributed by atoms with Crippen LogP contribution in [-0.2, 0) is 49.2 Å². The molecular weight excluding hydrogens is 702 g/mol. The van der Waals surface area contributed by atoms with Crippen LogP contribution in [0.2, 0.25) is 0 Å². The van der Waals surface area contributed by atoms with Crippen LogP contribution in [0.4, 0.5) is 4.79 Å². The Morgan fingerprint density at radius 2 is 1.70 bits per heavy atom. The average molecular weight is 768 g/mol. The lowest BCUT2D eigenvalue weighted by Crippen LogP contribution is -2.47. The van der Waals surface area contributed by atoms with Crippen molar-refractivity contribution in [2.75, 3.05) is 60.9 Å². The highest BCUT2D eigenvalue weighted by molar-refractivity contribution is 5.83. The van der Waals surface area contributed by atoms with Gasteiger partial charge in [0.2, 0.25) is 18.6 Å². The van der Waals surface area contributed by atoms with Gasteiger partial charge in [0.05, 0.1) is 31.3 Å². The van der Waals surface area contributed by atoms with Gasteiger partial charge in [0.15, 0.2) is 17.6 Å². The number of hydrogen-bond donors (Lipinski definition) is 2. The molecule has 3 amide bonds. The summed E-state index contributed by atoms with van der Waals surface area (Å²) in [6, 6.07) is 5.40. The lowest BCUT2D eigenvalue weighted by Gasteiger charge is -2.33. The lowest BCUT2D eigenvalue weighted by atomic mass is 9.80. The number of nitrogens with zero attached hydrogens (tertiary/aromatic N) is 1. The number of nitrogens with two attached hydrogens (primary N) is 1. The second kappa shape index (κ2) is 23.3. The van der Waals surface area contributed by atoms with Gasteiger partial charge in [0, 0.05) is 39.2 Å². The van der Waals surface area contributed by atoms with Crippen LogP contribution in [0, 0.1) is 29.1 Å². The second-order valence-electron chi connectivity index (χ2n) is 15.0. The Morgan fingerprint density at radius 3 is 2.31 bits per heavy atom. The van der Waals surface area contributed by atoms with Crippen molar-refractivity contribution in [3.8, 4) is 11.5 Å². The summed E-state index contributed by atoms with van der Waals surface area (Å²) < 4.78 is 44.0. The fourth-order valence-electron chi connectivity index (χ4n) is 5.92. The summed E-state index contributed by atoms with van der Waals surface area (Å²) in [5.74, 6) is -0.509. The van der Waals surface area contributed by atoms with Crippen LogP contribution in [0.1, 0.15) is 80.2 Å².